The summed E-state index contributed by atoms with van der Waals surface area (Å²) in [6, 6.07) is 0.638. The Morgan fingerprint density at radius 1 is 1.40 bits per heavy atom. The summed E-state index contributed by atoms with van der Waals surface area (Å²) < 4.78 is 5.02. The molecule has 2 atom stereocenters. The summed E-state index contributed by atoms with van der Waals surface area (Å²) in [4.78, 5) is 18.7. The molecule has 110 valence electrons. The summed E-state index contributed by atoms with van der Waals surface area (Å²) in [7, 11) is 0. The molecule has 1 aliphatic carbocycles. The Balaban J connectivity index is 1.76. The Labute approximate surface area is 124 Å². The van der Waals surface area contributed by atoms with Gasteiger partial charge in [0, 0.05) is 18.0 Å². The lowest BCUT2D eigenvalue weighted by Crippen LogP contribution is -2.46. The summed E-state index contributed by atoms with van der Waals surface area (Å²) in [6.07, 6.45) is 7.94. The summed E-state index contributed by atoms with van der Waals surface area (Å²) >= 11 is 1.58. The van der Waals surface area contributed by atoms with Gasteiger partial charge in [-0.25, -0.2) is 9.78 Å². The van der Waals surface area contributed by atoms with Gasteiger partial charge in [0.1, 0.15) is 0 Å². The van der Waals surface area contributed by atoms with Crippen LogP contribution in [-0.2, 0) is 4.74 Å². The third-order valence-electron chi connectivity index (χ3n) is 4.47. The van der Waals surface area contributed by atoms with Crippen molar-refractivity contribution in [1.29, 1.82) is 0 Å². The number of nitrogens with zero attached hydrogens (tertiary/aromatic N) is 2. The lowest BCUT2D eigenvalue weighted by atomic mass is 9.78. The van der Waals surface area contributed by atoms with E-state index in [4.69, 9.17) is 4.74 Å². The van der Waals surface area contributed by atoms with E-state index in [9.17, 15) is 4.79 Å². The SMILES string of the molecule is CCOC(=O)c1csc(N2CCCC3CCCCC32)n1. The molecule has 2 unspecified atom stereocenters. The fraction of sp³-hybridized carbons (Fsp3) is 0.733. The number of esters is 1. The van der Waals surface area contributed by atoms with Crippen molar-refractivity contribution in [2.75, 3.05) is 18.1 Å². The second-order valence-electron chi connectivity index (χ2n) is 5.68. The zero-order valence-corrected chi connectivity index (χ0v) is 12.8. The second-order valence-corrected chi connectivity index (χ2v) is 6.52. The number of ether oxygens (including phenoxy) is 1. The van der Waals surface area contributed by atoms with Gasteiger partial charge in [-0.3, -0.25) is 0 Å². The van der Waals surface area contributed by atoms with Crippen LogP contribution in [0.4, 0.5) is 5.13 Å². The first-order valence-electron chi connectivity index (χ1n) is 7.69. The van der Waals surface area contributed by atoms with E-state index >= 15 is 0 Å². The standard InChI is InChI=1S/C15H22N2O2S/c1-2-19-14(18)12-10-20-15(16-12)17-9-5-7-11-6-3-4-8-13(11)17/h10-11,13H,2-9H2,1H3. The van der Waals surface area contributed by atoms with Crippen LogP contribution in [0, 0.1) is 5.92 Å². The maximum absolute atomic E-state index is 11.7. The van der Waals surface area contributed by atoms with Crippen LogP contribution in [0.1, 0.15) is 55.9 Å². The number of piperidine rings is 1. The molecule has 2 heterocycles. The van der Waals surface area contributed by atoms with Gasteiger partial charge in [-0.2, -0.15) is 0 Å². The average molecular weight is 294 g/mol. The molecule has 0 aromatic carbocycles. The fourth-order valence-electron chi connectivity index (χ4n) is 3.56. The first-order chi connectivity index (χ1) is 9.79. The van der Waals surface area contributed by atoms with Crippen molar-refractivity contribution >= 4 is 22.4 Å². The van der Waals surface area contributed by atoms with E-state index in [1.807, 2.05) is 12.3 Å². The number of carbonyl (C=O) groups excluding carboxylic acids is 1. The van der Waals surface area contributed by atoms with Crippen LogP contribution < -0.4 is 4.90 Å². The predicted molar refractivity (Wildman–Crippen MR) is 80.4 cm³/mol. The topological polar surface area (TPSA) is 42.4 Å². The molecule has 20 heavy (non-hydrogen) atoms. The molecular formula is C15H22N2O2S. The minimum absolute atomic E-state index is 0.299. The number of anilines is 1. The molecule has 5 heteroatoms. The maximum atomic E-state index is 11.7. The van der Waals surface area contributed by atoms with Crippen molar-refractivity contribution in [2.24, 2.45) is 5.92 Å². The van der Waals surface area contributed by atoms with E-state index in [2.05, 4.69) is 9.88 Å². The number of carbonyl (C=O) groups is 1. The van der Waals surface area contributed by atoms with E-state index in [0.29, 0.717) is 18.3 Å². The maximum Gasteiger partial charge on any atom is 0.357 e. The van der Waals surface area contributed by atoms with Crippen molar-refractivity contribution in [3.63, 3.8) is 0 Å². The third kappa shape index (κ3) is 2.68. The van der Waals surface area contributed by atoms with Gasteiger partial charge >= 0.3 is 5.97 Å². The Morgan fingerprint density at radius 3 is 3.05 bits per heavy atom. The minimum Gasteiger partial charge on any atom is -0.461 e. The molecule has 2 fully saturated rings. The van der Waals surface area contributed by atoms with E-state index in [1.165, 1.54) is 38.5 Å². The Kier molecular flexibility index (Phi) is 4.24. The van der Waals surface area contributed by atoms with E-state index in [1.54, 1.807) is 11.3 Å². The van der Waals surface area contributed by atoms with Gasteiger partial charge < -0.3 is 9.64 Å². The van der Waals surface area contributed by atoms with Gasteiger partial charge in [-0.1, -0.05) is 12.8 Å². The van der Waals surface area contributed by atoms with E-state index < -0.39 is 0 Å². The van der Waals surface area contributed by atoms with Crippen molar-refractivity contribution in [2.45, 2.75) is 51.5 Å². The molecule has 2 aliphatic rings. The van der Waals surface area contributed by atoms with Crippen molar-refractivity contribution in [1.82, 2.24) is 4.98 Å². The smallest absolute Gasteiger partial charge is 0.357 e. The molecule has 1 aliphatic heterocycles. The molecule has 0 N–H and O–H groups in total. The van der Waals surface area contributed by atoms with Crippen LogP contribution in [0.3, 0.4) is 0 Å². The highest BCUT2D eigenvalue weighted by Gasteiger charge is 2.34. The zero-order valence-electron chi connectivity index (χ0n) is 12.0. The molecule has 0 radical (unpaired) electrons. The Morgan fingerprint density at radius 2 is 2.20 bits per heavy atom. The van der Waals surface area contributed by atoms with Crippen LogP contribution in [0.2, 0.25) is 0 Å². The normalized spacial score (nSPS) is 26.1. The Hall–Kier alpha value is -1.10. The van der Waals surface area contributed by atoms with Gasteiger partial charge in [0.15, 0.2) is 10.8 Å². The summed E-state index contributed by atoms with van der Waals surface area (Å²) in [5, 5.41) is 2.84. The lowest BCUT2D eigenvalue weighted by Gasteiger charge is -2.44. The average Bonchev–Trinajstić information content (AvgIpc) is 2.97. The van der Waals surface area contributed by atoms with Gasteiger partial charge in [0.2, 0.25) is 0 Å². The number of aromatic nitrogens is 1. The van der Waals surface area contributed by atoms with Gasteiger partial charge in [-0.05, 0) is 38.5 Å². The minimum atomic E-state index is -0.299. The summed E-state index contributed by atoms with van der Waals surface area (Å²) in [5.74, 6) is 0.527. The van der Waals surface area contributed by atoms with Crippen LogP contribution in [0.15, 0.2) is 5.38 Å². The fourth-order valence-corrected chi connectivity index (χ4v) is 4.44. The molecule has 4 nitrogen and oxygen atoms in total. The van der Waals surface area contributed by atoms with Crippen molar-refractivity contribution < 1.29 is 9.53 Å². The highest BCUT2D eigenvalue weighted by Crippen LogP contribution is 2.38. The first kappa shape index (κ1) is 13.9. The van der Waals surface area contributed by atoms with E-state index in [0.717, 1.165) is 17.6 Å². The molecule has 1 saturated carbocycles. The Bertz CT molecular complexity index is 472. The van der Waals surface area contributed by atoms with Gasteiger partial charge in [0.05, 0.1) is 6.61 Å². The highest BCUT2D eigenvalue weighted by atomic mass is 32.1. The highest BCUT2D eigenvalue weighted by molar-refractivity contribution is 7.13. The second kappa shape index (κ2) is 6.12. The largest absolute Gasteiger partial charge is 0.461 e. The van der Waals surface area contributed by atoms with Gasteiger partial charge in [-0.15, -0.1) is 11.3 Å². The summed E-state index contributed by atoms with van der Waals surface area (Å²) in [5.41, 5.74) is 0.463. The molecule has 1 aromatic heterocycles. The molecule has 1 saturated heterocycles. The molecule has 1 aromatic rings. The molecule has 0 bridgehead atoms. The van der Waals surface area contributed by atoms with Crippen molar-refractivity contribution in [3.05, 3.63) is 11.1 Å². The van der Waals surface area contributed by atoms with E-state index in [-0.39, 0.29) is 5.97 Å². The monoisotopic (exact) mass is 294 g/mol. The molecule has 3 rings (SSSR count). The van der Waals surface area contributed by atoms with Gasteiger partial charge in [0.25, 0.3) is 0 Å². The molecular weight excluding hydrogens is 272 g/mol. The third-order valence-corrected chi connectivity index (χ3v) is 5.34. The molecule has 0 spiro atoms. The number of fused-ring (bicyclic) bond motifs is 1. The zero-order chi connectivity index (χ0) is 13.9. The van der Waals surface area contributed by atoms with Crippen LogP contribution in [-0.4, -0.2) is 30.1 Å². The number of rotatable bonds is 3. The first-order valence-corrected chi connectivity index (χ1v) is 8.57. The number of hydrogen-bond acceptors (Lipinski definition) is 5. The quantitative estimate of drug-likeness (QED) is 0.800. The predicted octanol–water partition coefficient (Wildman–Crippen LogP) is 3.48. The molecule has 0 amide bonds. The lowest BCUT2D eigenvalue weighted by molar-refractivity contribution is 0.0520. The number of hydrogen-bond donors (Lipinski definition) is 0. The van der Waals surface area contributed by atoms with Crippen LogP contribution in [0.25, 0.3) is 0 Å². The van der Waals surface area contributed by atoms with Crippen molar-refractivity contribution in [3.8, 4) is 0 Å². The van der Waals surface area contributed by atoms with Crippen LogP contribution in [0.5, 0.6) is 0 Å². The van der Waals surface area contributed by atoms with Crippen LogP contribution >= 0.6 is 11.3 Å². The summed E-state index contributed by atoms with van der Waals surface area (Å²) in [6.45, 7) is 3.31. The number of thiazole rings is 1.